The van der Waals surface area contributed by atoms with Gasteiger partial charge in [0.15, 0.2) is 0 Å². The van der Waals surface area contributed by atoms with Crippen molar-refractivity contribution in [2.45, 2.75) is 19.4 Å². The minimum Gasteiger partial charge on any atom is -0.398 e. The van der Waals surface area contributed by atoms with Gasteiger partial charge in [0.1, 0.15) is 0 Å². The number of hydrogen-bond acceptors (Lipinski definition) is 3. The van der Waals surface area contributed by atoms with Crippen LogP contribution in [0, 0.1) is 10.5 Å². The summed E-state index contributed by atoms with van der Waals surface area (Å²) in [6.45, 7) is 3.60. The van der Waals surface area contributed by atoms with Gasteiger partial charge in [-0.15, -0.1) is 0 Å². The van der Waals surface area contributed by atoms with E-state index in [0.29, 0.717) is 5.69 Å². The van der Waals surface area contributed by atoms with Gasteiger partial charge in [0.05, 0.1) is 12.1 Å². The molecule has 0 radical (unpaired) electrons. The van der Waals surface area contributed by atoms with E-state index in [1.165, 1.54) is 0 Å². The molecule has 0 aliphatic rings. The third kappa shape index (κ3) is 2.18. The number of halogens is 1. The highest BCUT2D eigenvalue weighted by molar-refractivity contribution is 14.1. The van der Waals surface area contributed by atoms with Gasteiger partial charge in [-0.2, -0.15) is 0 Å². The van der Waals surface area contributed by atoms with Gasteiger partial charge < -0.3 is 16.6 Å². The predicted octanol–water partition coefficient (Wildman–Crippen LogP) is 1.35. The molecule has 1 aromatic carbocycles. The molecule has 0 saturated carbocycles. The SMILES string of the molecule is Cc1cc(I)cc(C(C)(N)CO)c1N. The third-order valence-corrected chi connectivity index (χ3v) is 2.92. The molecule has 0 aliphatic carbocycles. The molecule has 5 N–H and O–H groups in total. The largest absolute Gasteiger partial charge is 0.398 e. The molecule has 0 aliphatic heterocycles. The summed E-state index contributed by atoms with van der Waals surface area (Å²) in [5.74, 6) is 0. The molecular formula is C10H15IN2O. The van der Waals surface area contributed by atoms with E-state index in [4.69, 9.17) is 11.5 Å². The van der Waals surface area contributed by atoms with Crippen LogP contribution in [0.1, 0.15) is 18.1 Å². The Bertz CT molecular complexity index is 350. The lowest BCUT2D eigenvalue weighted by atomic mass is 9.91. The van der Waals surface area contributed by atoms with Crippen molar-refractivity contribution in [1.82, 2.24) is 0 Å². The van der Waals surface area contributed by atoms with E-state index in [-0.39, 0.29) is 6.61 Å². The molecule has 0 bridgehead atoms. The van der Waals surface area contributed by atoms with Crippen molar-refractivity contribution >= 4 is 28.3 Å². The number of anilines is 1. The first-order valence-corrected chi connectivity index (χ1v) is 5.42. The van der Waals surface area contributed by atoms with E-state index in [1.807, 2.05) is 19.1 Å². The molecule has 4 heteroatoms. The Morgan fingerprint density at radius 2 is 2.07 bits per heavy atom. The quantitative estimate of drug-likeness (QED) is 0.570. The second kappa shape index (κ2) is 4.04. The van der Waals surface area contributed by atoms with E-state index >= 15 is 0 Å². The number of hydrogen-bond donors (Lipinski definition) is 3. The van der Waals surface area contributed by atoms with Crippen molar-refractivity contribution in [3.8, 4) is 0 Å². The minimum absolute atomic E-state index is 0.114. The summed E-state index contributed by atoms with van der Waals surface area (Å²) >= 11 is 2.21. The van der Waals surface area contributed by atoms with E-state index < -0.39 is 5.54 Å². The van der Waals surface area contributed by atoms with Gasteiger partial charge in [-0.1, -0.05) is 0 Å². The number of nitrogens with two attached hydrogens (primary N) is 2. The van der Waals surface area contributed by atoms with Gasteiger partial charge in [-0.25, -0.2) is 0 Å². The molecule has 0 amide bonds. The summed E-state index contributed by atoms with van der Waals surface area (Å²) < 4.78 is 1.08. The Kier molecular flexibility index (Phi) is 3.39. The fourth-order valence-electron chi connectivity index (χ4n) is 1.31. The zero-order chi connectivity index (χ0) is 10.9. The van der Waals surface area contributed by atoms with E-state index in [2.05, 4.69) is 22.6 Å². The average Bonchev–Trinajstić information content (AvgIpc) is 2.11. The van der Waals surface area contributed by atoms with Crippen LogP contribution >= 0.6 is 22.6 Å². The van der Waals surface area contributed by atoms with Crippen LogP contribution < -0.4 is 11.5 Å². The molecule has 0 aromatic heterocycles. The number of aliphatic hydroxyl groups excluding tert-OH is 1. The van der Waals surface area contributed by atoms with Crippen molar-refractivity contribution < 1.29 is 5.11 Å². The van der Waals surface area contributed by atoms with Crippen molar-refractivity contribution in [3.63, 3.8) is 0 Å². The van der Waals surface area contributed by atoms with E-state index in [1.54, 1.807) is 6.92 Å². The first kappa shape index (κ1) is 11.7. The second-order valence-corrected chi connectivity index (χ2v) is 5.01. The fraction of sp³-hybridized carbons (Fsp3) is 0.400. The van der Waals surface area contributed by atoms with Gasteiger partial charge in [0, 0.05) is 9.26 Å². The standard InChI is InChI=1S/C10H15IN2O/c1-6-3-7(11)4-8(9(6)12)10(2,13)5-14/h3-4,14H,5,12-13H2,1-2H3. The monoisotopic (exact) mass is 306 g/mol. The molecule has 1 aromatic rings. The van der Waals surface area contributed by atoms with E-state index in [0.717, 1.165) is 14.7 Å². The first-order valence-electron chi connectivity index (χ1n) is 4.34. The molecule has 78 valence electrons. The maximum Gasteiger partial charge on any atom is 0.0651 e. The van der Waals surface area contributed by atoms with Crippen molar-refractivity contribution in [1.29, 1.82) is 0 Å². The summed E-state index contributed by atoms with van der Waals surface area (Å²) in [6.07, 6.45) is 0. The normalized spacial score (nSPS) is 15.2. The molecule has 0 spiro atoms. The highest BCUT2D eigenvalue weighted by Crippen LogP contribution is 2.28. The van der Waals surface area contributed by atoms with Gasteiger partial charge in [-0.3, -0.25) is 0 Å². The average molecular weight is 306 g/mol. The lowest BCUT2D eigenvalue weighted by molar-refractivity contribution is 0.210. The number of nitrogen functional groups attached to an aromatic ring is 1. The van der Waals surface area contributed by atoms with Crippen molar-refractivity contribution in [2.24, 2.45) is 5.73 Å². The van der Waals surface area contributed by atoms with Crippen molar-refractivity contribution in [2.75, 3.05) is 12.3 Å². The van der Waals surface area contributed by atoms with Crippen LogP contribution in [-0.4, -0.2) is 11.7 Å². The highest BCUT2D eigenvalue weighted by Gasteiger charge is 2.23. The van der Waals surface area contributed by atoms with Gasteiger partial charge in [-0.05, 0) is 59.7 Å². The zero-order valence-electron chi connectivity index (χ0n) is 8.34. The third-order valence-electron chi connectivity index (χ3n) is 2.30. The predicted molar refractivity (Wildman–Crippen MR) is 66.9 cm³/mol. The zero-order valence-corrected chi connectivity index (χ0v) is 10.5. The number of benzene rings is 1. The second-order valence-electron chi connectivity index (χ2n) is 3.76. The molecule has 1 unspecified atom stereocenters. The molecular weight excluding hydrogens is 291 g/mol. The summed E-state index contributed by atoms with van der Waals surface area (Å²) in [4.78, 5) is 0. The maximum absolute atomic E-state index is 9.17. The molecule has 0 heterocycles. The highest BCUT2D eigenvalue weighted by atomic mass is 127. The van der Waals surface area contributed by atoms with Crippen LogP contribution in [0.5, 0.6) is 0 Å². The molecule has 0 fully saturated rings. The topological polar surface area (TPSA) is 72.3 Å². The molecule has 14 heavy (non-hydrogen) atoms. The van der Waals surface area contributed by atoms with Crippen LogP contribution in [0.2, 0.25) is 0 Å². The molecule has 1 rings (SSSR count). The van der Waals surface area contributed by atoms with Crippen molar-refractivity contribution in [3.05, 3.63) is 26.8 Å². The smallest absolute Gasteiger partial charge is 0.0651 e. The fourth-order valence-corrected chi connectivity index (χ4v) is 2.09. The van der Waals surface area contributed by atoms with Crippen LogP contribution in [0.4, 0.5) is 5.69 Å². The number of aliphatic hydroxyl groups is 1. The Labute approximate surface area is 97.6 Å². The summed E-state index contributed by atoms with van der Waals surface area (Å²) in [5.41, 5.74) is 13.6. The minimum atomic E-state index is -0.768. The summed E-state index contributed by atoms with van der Waals surface area (Å²) in [7, 11) is 0. The lowest BCUT2D eigenvalue weighted by Gasteiger charge is -2.25. The summed E-state index contributed by atoms with van der Waals surface area (Å²) in [6, 6.07) is 3.91. The van der Waals surface area contributed by atoms with Gasteiger partial charge in [0.25, 0.3) is 0 Å². The summed E-state index contributed by atoms with van der Waals surface area (Å²) in [5, 5.41) is 9.17. The Balaban J connectivity index is 3.34. The molecule has 1 atom stereocenters. The van der Waals surface area contributed by atoms with Gasteiger partial charge in [0.2, 0.25) is 0 Å². The van der Waals surface area contributed by atoms with Crippen LogP contribution in [0.15, 0.2) is 12.1 Å². The van der Waals surface area contributed by atoms with Crippen LogP contribution in [0.25, 0.3) is 0 Å². The first-order chi connectivity index (χ1) is 6.38. The Hall–Kier alpha value is -0.330. The number of aryl methyl sites for hydroxylation is 1. The molecule has 0 saturated heterocycles. The Morgan fingerprint density at radius 3 is 2.57 bits per heavy atom. The lowest BCUT2D eigenvalue weighted by Crippen LogP contribution is -2.38. The van der Waals surface area contributed by atoms with Crippen LogP contribution in [0.3, 0.4) is 0 Å². The van der Waals surface area contributed by atoms with Gasteiger partial charge >= 0.3 is 0 Å². The van der Waals surface area contributed by atoms with E-state index in [9.17, 15) is 5.11 Å². The Morgan fingerprint density at radius 1 is 1.50 bits per heavy atom. The maximum atomic E-state index is 9.17. The number of rotatable bonds is 2. The molecule has 3 nitrogen and oxygen atoms in total. The van der Waals surface area contributed by atoms with Crippen LogP contribution in [-0.2, 0) is 5.54 Å².